The summed E-state index contributed by atoms with van der Waals surface area (Å²) in [5.74, 6) is 0.826. The van der Waals surface area contributed by atoms with Gasteiger partial charge in [0.1, 0.15) is 17.0 Å². The second-order valence-electron chi connectivity index (χ2n) is 7.78. The van der Waals surface area contributed by atoms with Gasteiger partial charge in [0.25, 0.3) is 5.91 Å². The van der Waals surface area contributed by atoms with E-state index < -0.39 is 0 Å². The van der Waals surface area contributed by atoms with E-state index in [-0.39, 0.29) is 16.9 Å². The fourth-order valence-electron chi connectivity index (χ4n) is 3.99. The van der Waals surface area contributed by atoms with Crippen LogP contribution in [0.15, 0.2) is 35.5 Å². The van der Waals surface area contributed by atoms with Gasteiger partial charge in [-0.15, -0.1) is 0 Å². The maximum absolute atomic E-state index is 13.2. The van der Waals surface area contributed by atoms with Crippen LogP contribution >= 0.6 is 0 Å². The lowest BCUT2D eigenvalue weighted by molar-refractivity contribution is 0.0631. The van der Waals surface area contributed by atoms with Gasteiger partial charge in [0.05, 0.1) is 5.39 Å². The molecule has 0 N–H and O–H groups in total. The summed E-state index contributed by atoms with van der Waals surface area (Å²) in [5.41, 5.74) is 1.49. The molecule has 0 aromatic carbocycles. The van der Waals surface area contributed by atoms with Gasteiger partial charge < -0.3 is 14.0 Å². The minimum Gasteiger partial charge on any atom is -0.336 e. The zero-order valence-electron chi connectivity index (χ0n) is 17.8. The van der Waals surface area contributed by atoms with Crippen LogP contribution in [0.25, 0.3) is 11.0 Å². The Balaban J connectivity index is 1.47. The SMILES string of the molecule is CCn1cc(C(=O)N2CCN(CCn3ccnc3C)CC2)c(=O)c2ccc(C)nc21. The van der Waals surface area contributed by atoms with Crippen molar-refractivity contribution in [2.45, 2.75) is 33.9 Å². The summed E-state index contributed by atoms with van der Waals surface area (Å²) in [6, 6.07) is 3.59. The number of nitrogens with zero attached hydrogens (tertiary/aromatic N) is 6. The molecule has 1 amide bonds. The predicted molar refractivity (Wildman–Crippen MR) is 116 cm³/mol. The number of carbonyl (C=O) groups excluding carboxylic acids is 1. The van der Waals surface area contributed by atoms with Gasteiger partial charge >= 0.3 is 0 Å². The summed E-state index contributed by atoms with van der Waals surface area (Å²) >= 11 is 0. The van der Waals surface area contributed by atoms with Gasteiger partial charge in [-0.3, -0.25) is 14.5 Å². The number of rotatable bonds is 5. The lowest BCUT2D eigenvalue weighted by Gasteiger charge is -2.34. The highest BCUT2D eigenvalue weighted by Gasteiger charge is 2.25. The van der Waals surface area contributed by atoms with E-state index in [2.05, 4.69) is 19.4 Å². The quantitative estimate of drug-likeness (QED) is 0.642. The van der Waals surface area contributed by atoms with Crippen molar-refractivity contribution in [2.75, 3.05) is 32.7 Å². The number of piperazine rings is 1. The molecule has 0 radical (unpaired) electrons. The average molecular weight is 409 g/mol. The number of carbonyl (C=O) groups is 1. The molecule has 0 spiro atoms. The summed E-state index contributed by atoms with van der Waals surface area (Å²) in [4.78, 5) is 39.1. The van der Waals surface area contributed by atoms with Crippen molar-refractivity contribution in [1.29, 1.82) is 0 Å². The van der Waals surface area contributed by atoms with Crippen LogP contribution in [-0.4, -0.2) is 67.5 Å². The number of aryl methyl sites for hydroxylation is 3. The summed E-state index contributed by atoms with van der Waals surface area (Å²) < 4.78 is 4.02. The number of aromatic nitrogens is 4. The second kappa shape index (κ2) is 8.39. The Bertz CT molecular complexity index is 1120. The molecule has 1 aliphatic heterocycles. The molecule has 158 valence electrons. The molecule has 8 nitrogen and oxygen atoms in total. The first kappa shape index (κ1) is 20.3. The Kier molecular flexibility index (Phi) is 5.67. The van der Waals surface area contributed by atoms with E-state index >= 15 is 0 Å². The molecular weight excluding hydrogens is 380 g/mol. The first-order valence-corrected chi connectivity index (χ1v) is 10.5. The van der Waals surface area contributed by atoms with Gasteiger partial charge in [-0.05, 0) is 32.9 Å². The van der Waals surface area contributed by atoms with E-state index in [1.54, 1.807) is 17.2 Å². The number of hydrogen-bond acceptors (Lipinski definition) is 5. The smallest absolute Gasteiger partial charge is 0.259 e. The van der Waals surface area contributed by atoms with Crippen molar-refractivity contribution >= 4 is 16.9 Å². The number of pyridine rings is 2. The number of imidazole rings is 1. The van der Waals surface area contributed by atoms with Crippen LogP contribution in [0.5, 0.6) is 0 Å². The topological polar surface area (TPSA) is 76.3 Å². The molecule has 1 fully saturated rings. The summed E-state index contributed by atoms with van der Waals surface area (Å²) in [5, 5.41) is 0.502. The molecule has 8 heteroatoms. The van der Waals surface area contributed by atoms with E-state index in [0.717, 1.165) is 37.7 Å². The molecule has 4 rings (SSSR count). The molecule has 3 aromatic rings. The second-order valence-corrected chi connectivity index (χ2v) is 7.78. The van der Waals surface area contributed by atoms with Gasteiger partial charge in [0, 0.05) is 70.1 Å². The van der Waals surface area contributed by atoms with Crippen molar-refractivity contribution < 1.29 is 4.79 Å². The molecule has 0 aliphatic carbocycles. The highest BCUT2D eigenvalue weighted by Crippen LogP contribution is 2.13. The first-order valence-electron chi connectivity index (χ1n) is 10.5. The van der Waals surface area contributed by atoms with Gasteiger partial charge in [-0.1, -0.05) is 0 Å². The number of amides is 1. The van der Waals surface area contributed by atoms with E-state index in [0.29, 0.717) is 30.7 Å². The Morgan fingerprint density at radius 2 is 1.83 bits per heavy atom. The summed E-state index contributed by atoms with van der Waals surface area (Å²) in [7, 11) is 0. The molecule has 3 aromatic heterocycles. The molecule has 1 aliphatic rings. The summed E-state index contributed by atoms with van der Waals surface area (Å²) in [6.45, 7) is 11.2. The van der Waals surface area contributed by atoms with Crippen molar-refractivity contribution in [1.82, 2.24) is 28.9 Å². The van der Waals surface area contributed by atoms with Crippen LogP contribution in [0.3, 0.4) is 0 Å². The molecular formula is C22H28N6O2. The maximum Gasteiger partial charge on any atom is 0.259 e. The lowest BCUT2D eigenvalue weighted by Crippen LogP contribution is -2.50. The molecule has 0 bridgehead atoms. The minimum atomic E-state index is -0.231. The van der Waals surface area contributed by atoms with Crippen LogP contribution < -0.4 is 5.43 Å². The number of fused-ring (bicyclic) bond motifs is 1. The zero-order valence-corrected chi connectivity index (χ0v) is 17.8. The van der Waals surface area contributed by atoms with E-state index in [1.165, 1.54) is 0 Å². The van der Waals surface area contributed by atoms with Crippen molar-refractivity contribution in [3.63, 3.8) is 0 Å². The molecule has 1 saturated heterocycles. The van der Waals surface area contributed by atoms with Crippen LogP contribution in [0.2, 0.25) is 0 Å². The third-order valence-electron chi connectivity index (χ3n) is 5.87. The summed E-state index contributed by atoms with van der Waals surface area (Å²) in [6.07, 6.45) is 5.48. The van der Waals surface area contributed by atoms with Gasteiger partial charge in [-0.2, -0.15) is 0 Å². The molecule has 30 heavy (non-hydrogen) atoms. The zero-order chi connectivity index (χ0) is 21.3. The van der Waals surface area contributed by atoms with E-state index in [4.69, 9.17) is 0 Å². The molecule has 0 atom stereocenters. The van der Waals surface area contributed by atoms with Crippen LogP contribution in [0.1, 0.15) is 28.8 Å². The Morgan fingerprint density at radius 1 is 1.07 bits per heavy atom. The molecule has 0 saturated carbocycles. The lowest BCUT2D eigenvalue weighted by atomic mass is 10.1. The Hall–Kier alpha value is -3.00. The predicted octanol–water partition coefficient (Wildman–Crippen LogP) is 1.69. The normalized spacial score (nSPS) is 15.1. The van der Waals surface area contributed by atoms with Crippen LogP contribution in [0, 0.1) is 13.8 Å². The first-order chi connectivity index (χ1) is 14.5. The van der Waals surface area contributed by atoms with Crippen molar-refractivity contribution in [2.24, 2.45) is 0 Å². The molecule has 0 unspecified atom stereocenters. The Labute approximate surface area is 175 Å². The van der Waals surface area contributed by atoms with Gasteiger partial charge in [0.2, 0.25) is 5.43 Å². The van der Waals surface area contributed by atoms with E-state index in [9.17, 15) is 9.59 Å². The largest absolute Gasteiger partial charge is 0.336 e. The minimum absolute atomic E-state index is 0.185. The van der Waals surface area contributed by atoms with Gasteiger partial charge in [-0.25, -0.2) is 9.97 Å². The van der Waals surface area contributed by atoms with E-state index in [1.807, 2.05) is 43.8 Å². The fraction of sp³-hybridized carbons (Fsp3) is 0.455. The monoisotopic (exact) mass is 408 g/mol. The third kappa shape index (κ3) is 3.87. The molecule has 4 heterocycles. The van der Waals surface area contributed by atoms with Crippen molar-refractivity contribution in [3.05, 3.63) is 58.0 Å². The van der Waals surface area contributed by atoms with Crippen LogP contribution in [0.4, 0.5) is 0 Å². The standard InChI is InChI=1S/C22H28N6O2/c1-4-26-15-19(20(29)18-6-5-16(2)24-21(18)26)22(30)28-13-10-25(11-14-28)9-12-27-8-7-23-17(27)3/h5-8,15H,4,9-14H2,1-3H3. The van der Waals surface area contributed by atoms with Gasteiger partial charge in [0.15, 0.2) is 0 Å². The Morgan fingerprint density at radius 3 is 2.50 bits per heavy atom. The highest BCUT2D eigenvalue weighted by atomic mass is 16.2. The van der Waals surface area contributed by atoms with Crippen molar-refractivity contribution in [3.8, 4) is 0 Å². The number of hydrogen-bond donors (Lipinski definition) is 0. The third-order valence-corrected chi connectivity index (χ3v) is 5.87. The van der Waals surface area contributed by atoms with Crippen LogP contribution in [-0.2, 0) is 13.1 Å². The fourth-order valence-corrected chi connectivity index (χ4v) is 3.99. The maximum atomic E-state index is 13.2. The average Bonchev–Trinajstić information content (AvgIpc) is 3.17. The highest BCUT2D eigenvalue weighted by molar-refractivity contribution is 5.97.